The fourth-order valence-electron chi connectivity index (χ4n) is 2.55. The van der Waals surface area contributed by atoms with Crippen molar-refractivity contribution in [3.63, 3.8) is 0 Å². The predicted molar refractivity (Wildman–Crippen MR) is 89.2 cm³/mol. The van der Waals surface area contributed by atoms with Gasteiger partial charge in [-0.2, -0.15) is 0 Å². The summed E-state index contributed by atoms with van der Waals surface area (Å²) in [5, 5.41) is 0. The Kier molecular flexibility index (Phi) is 5.48. The Labute approximate surface area is 132 Å². The van der Waals surface area contributed by atoms with Gasteiger partial charge in [0, 0.05) is 5.92 Å². The molecule has 2 rings (SSSR count). The van der Waals surface area contributed by atoms with Crippen LogP contribution in [0.4, 0.5) is 0 Å². The molecule has 1 atom stereocenters. The van der Waals surface area contributed by atoms with Gasteiger partial charge in [0.2, 0.25) is 5.75 Å². The number of benzene rings is 2. The van der Waals surface area contributed by atoms with E-state index in [1.54, 1.807) is 21.3 Å². The van der Waals surface area contributed by atoms with Crippen molar-refractivity contribution < 1.29 is 14.2 Å². The van der Waals surface area contributed by atoms with Crippen molar-refractivity contribution in [1.29, 1.82) is 0 Å². The Morgan fingerprint density at radius 3 is 1.86 bits per heavy atom. The monoisotopic (exact) mass is 298 g/mol. The van der Waals surface area contributed by atoms with E-state index in [0.29, 0.717) is 17.2 Å². The van der Waals surface area contributed by atoms with E-state index < -0.39 is 0 Å². The number of rotatable bonds is 6. The third kappa shape index (κ3) is 3.25. The van der Waals surface area contributed by atoms with Crippen LogP contribution in [-0.2, 0) is 0 Å². The summed E-state index contributed by atoms with van der Waals surface area (Å²) in [6.07, 6.45) is 4.22. The first-order valence-electron chi connectivity index (χ1n) is 7.22. The Bertz CT molecular complexity index is 607. The summed E-state index contributed by atoms with van der Waals surface area (Å²) in [5.74, 6) is 2.09. The maximum absolute atomic E-state index is 5.45. The van der Waals surface area contributed by atoms with Crippen LogP contribution in [0.5, 0.6) is 17.2 Å². The van der Waals surface area contributed by atoms with Crippen molar-refractivity contribution >= 4 is 0 Å². The molecule has 3 heteroatoms. The van der Waals surface area contributed by atoms with Gasteiger partial charge in [-0.25, -0.2) is 0 Å². The normalized spacial score (nSPS) is 12.2. The molecular formula is C19H22O3. The highest BCUT2D eigenvalue weighted by Crippen LogP contribution is 2.41. The Morgan fingerprint density at radius 1 is 0.818 bits per heavy atom. The minimum atomic E-state index is 0.139. The fraction of sp³-hybridized carbons (Fsp3) is 0.263. The smallest absolute Gasteiger partial charge is 0.203 e. The van der Waals surface area contributed by atoms with Crippen LogP contribution < -0.4 is 14.2 Å². The van der Waals surface area contributed by atoms with E-state index in [4.69, 9.17) is 14.2 Å². The maximum atomic E-state index is 5.45. The van der Waals surface area contributed by atoms with Crippen molar-refractivity contribution in [2.45, 2.75) is 12.8 Å². The van der Waals surface area contributed by atoms with E-state index in [9.17, 15) is 0 Å². The Morgan fingerprint density at radius 2 is 1.41 bits per heavy atom. The lowest BCUT2D eigenvalue weighted by Crippen LogP contribution is -2.01. The molecule has 2 aromatic carbocycles. The van der Waals surface area contributed by atoms with Crippen LogP contribution in [0.2, 0.25) is 0 Å². The topological polar surface area (TPSA) is 27.7 Å². The molecule has 0 N–H and O–H groups in total. The van der Waals surface area contributed by atoms with Gasteiger partial charge in [-0.15, -0.1) is 0 Å². The third-order valence-electron chi connectivity index (χ3n) is 3.59. The van der Waals surface area contributed by atoms with E-state index >= 15 is 0 Å². The molecule has 0 saturated heterocycles. The zero-order chi connectivity index (χ0) is 15.9. The highest BCUT2D eigenvalue weighted by atomic mass is 16.5. The van der Waals surface area contributed by atoms with Crippen LogP contribution in [0.15, 0.2) is 54.6 Å². The van der Waals surface area contributed by atoms with Gasteiger partial charge in [0.15, 0.2) is 11.5 Å². The Balaban J connectivity index is 2.57. The second-order valence-electron chi connectivity index (χ2n) is 4.87. The van der Waals surface area contributed by atoms with E-state index in [-0.39, 0.29) is 5.92 Å². The van der Waals surface area contributed by atoms with E-state index in [1.165, 1.54) is 5.56 Å². The number of methoxy groups -OCH3 is 3. The number of allylic oxidation sites excluding steroid dienone is 2. The highest BCUT2D eigenvalue weighted by molar-refractivity contribution is 5.56. The summed E-state index contributed by atoms with van der Waals surface area (Å²) in [4.78, 5) is 0. The molecule has 116 valence electrons. The molecule has 3 nitrogen and oxygen atoms in total. The highest BCUT2D eigenvalue weighted by Gasteiger charge is 2.18. The second kappa shape index (κ2) is 7.55. The van der Waals surface area contributed by atoms with Gasteiger partial charge >= 0.3 is 0 Å². The molecule has 0 aromatic heterocycles. The molecular weight excluding hydrogens is 276 g/mol. The number of hydrogen-bond acceptors (Lipinski definition) is 3. The maximum Gasteiger partial charge on any atom is 0.203 e. The summed E-state index contributed by atoms with van der Waals surface area (Å²) < 4.78 is 16.3. The molecule has 0 aliphatic carbocycles. The molecule has 22 heavy (non-hydrogen) atoms. The average molecular weight is 298 g/mol. The van der Waals surface area contributed by atoms with E-state index in [1.807, 2.05) is 37.3 Å². The van der Waals surface area contributed by atoms with Crippen molar-refractivity contribution in [2.24, 2.45) is 0 Å². The summed E-state index contributed by atoms with van der Waals surface area (Å²) in [7, 11) is 4.88. The summed E-state index contributed by atoms with van der Waals surface area (Å²) in [6, 6.07) is 14.3. The van der Waals surface area contributed by atoms with Crippen LogP contribution in [0.25, 0.3) is 0 Å². The number of ether oxygens (including phenoxy) is 3. The molecule has 0 amide bonds. The van der Waals surface area contributed by atoms with Gasteiger partial charge in [0.25, 0.3) is 0 Å². The SMILES string of the molecule is C/C=C/C(c1ccccc1)c1cc(OC)c(OC)c(OC)c1. The van der Waals surface area contributed by atoms with Gasteiger partial charge < -0.3 is 14.2 Å². The molecule has 0 aliphatic rings. The van der Waals surface area contributed by atoms with Crippen LogP contribution >= 0.6 is 0 Å². The quantitative estimate of drug-likeness (QED) is 0.739. The largest absolute Gasteiger partial charge is 0.493 e. The Hall–Kier alpha value is -2.42. The zero-order valence-electron chi connectivity index (χ0n) is 13.5. The molecule has 0 heterocycles. The average Bonchev–Trinajstić information content (AvgIpc) is 2.59. The number of hydrogen-bond donors (Lipinski definition) is 0. The first-order valence-corrected chi connectivity index (χ1v) is 7.22. The second-order valence-corrected chi connectivity index (χ2v) is 4.87. The van der Waals surface area contributed by atoms with Crippen LogP contribution in [0.3, 0.4) is 0 Å². The lowest BCUT2D eigenvalue weighted by atomic mass is 9.90. The summed E-state index contributed by atoms with van der Waals surface area (Å²) >= 11 is 0. The summed E-state index contributed by atoms with van der Waals surface area (Å²) in [5.41, 5.74) is 2.31. The van der Waals surface area contributed by atoms with Gasteiger partial charge in [-0.1, -0.05) is 42.5 Å². The van der Waals surface area contributed by atoms with Gasteiger partial charge in [0.1, 0.15) is 0 Å². The standard InChI is InChI=1S/C19H22O3/c1-5-9-16(14-10-7-6-8-11-14)15-12-17(20-2)19(22-4)18(13-15)21-3/h5-13,16H,1-4H3/b9-5+. The van der Waals surface area contributed by atoms with Gasteiger partial charge in [-0.3, -0.25) is 0 Å². The molecule has 1 unspecified atom stereocenters. The molecule has 0 radical (unpaired) electrons. The van der Waals surface area contributed by atoms with E-state index in [2.05, 4.69) is 24.3 Å². The van der Waals surface area contributed by atoms with Gasteiger partial charge in [0.05, 0.1) is 21.3 Å². The van der Waals surface area contributed by atoms with Crippen molar-refractivity contribution in [1.82, 2.24) is 0 Å². The van der Waals surface area contributed by atoms with E-state index in [0.717, 1.165) is 5.56 Å². The third-order valence-corrected chi connectivity index (χ3v) is 3.59. The van der Waals surface area contributed by atoms with Crippen LogP contribution in [0, 0.1) is 0 Å². The zero-order valence-corrected chi connectivity index (χ0v) is 13.5. The molecule has 0 fully saturated rings. The first-order chi connectivity index (χ1) is 10.7. The predicted octanol–water partition coefficient (Wildman–Crippen LogP) is 4.42. The lowest BCUT2D eigenvalue weighted by Gasteiger charge is -2.19. The first kappa shape index (κ1) is 16.0. The van der Waals surface area contributed by atoms with Crippen molar-refractivity contribution in [3.05, 3.63) is 65.7 Å². The summed E-state index contributed by atoms with van der Waals surface area (Å²) in [6.45, 7) is 2.02. The molecule has 0 aliphatic heterocycles. The fourth-order valence-corrected chi connectivity index (χ4v) is 2.55. The molecule has 0 spiro atoms. The van der Waals surface area contributed by atoms with Gasteiger partial charge in [-0.05, 0) is 30.2 Å². The molecule has 0 saturated carbocycles. The minimum absolute atomic E-state index is 0.139. The van der Waals surface area contributed by atoms with Crippen molar-refractivity contribution in [2.75, 3.05) is 21.3 Å². The molecule has 0 bridgehead atoms. The lowest BCUT2D eigenvalue weighted by molar-refractivity contribution is 0.323. The minimum Gasteiger partial charge on any atom is -0.493 e. The van der Waals surface area contributed by atoms with Crippen LogP contribution in [-0.4, -0.2) is 21.3 Å². The molecule has 2 aromatic rings. The van der Waals surface area contributed by atoms with Crippen molar-refractivity contribution in [3.8, 4) is 17.2 Å². The van der Waals surface area contributed by atoms with Crippen LogP contribution in [0.1, 0.15) is 24.0 Å².